The second kappa shape index (κ2) is 5.57. The largest absolute Gasteiger partial charge is 0.464 e. The number of para-hydroxylation sites is 1. The van der Waals surface area contributed by atoms with Crippen molar-refractivity contribution in [2.75, 3.05) is 5.32 Å². The van der Waals surface area contributed by atoms with Crippen LogP contribution >= 0.6 is 15.9 Å². The summed E-state index contributed by atoms with van der Waals surface area (Å²) in [6.07, 6.45) is 1.67. The van der Waals surface area contributed by atoms with Crippen molar-refractivity contribution >= 4 is 38.3 Å². The van der Waals surface area contributed by atoms with Gasteiger partial charge in [-0.2, -0.15) is 0 Å². The zero-order valence-corrected chi connectivity index (χ0v) is 12.5. The van der Waals surface area contributed by atoms with E-state index in [1.54, 1.807) is 18.4 Å². The molecule has 0 bridgehead atoms. The molecule has 1 heterocycles. The predicted octanol–water partition coefficient (Wildman–Crippen LogP) is 4.72. The van der Waals surface area contributed by atoms with Gasteiger partial charge in [0.1, 0.15) is 11.3 Å². The number of rotatable bonds is 4. The van der Waals surface area contributed by atoms with Crippen molar-refractivity contribution in [2.45, 2.75) is 6.54 Å². The molecule has 2 aromatic carbocycles. The molecular weight excluding hydrogens is 336 g/mol. The molecule has 0 fully saturated rings. The van der Waals surface area contributed by atoms with Crippen molar-refractivity contribution in [3.8, 4) is 0 Å². The van der Waals surface area contributed by atoms with Gasteiger partial charge >= 0.3 is 0 Å². The summed E-state index contributed by atoms with van der Waals surface area (Å²) in [5, 5.41) is 15.2. The van der Waals surface area contributed by atoms with Gasteiger partial charge in [-0.15, -0.1) is 0 Å². The van der Waals surface area contributed by atoms with E-state index in [1.165, 1.54) is 6.07 Å². The fourth-order valence-corrected chi connectivity index (χ4v) is 2.51. The van der Waals surface area contributed by atoms with Crippen LogP contribution in [0.1, 0.15) is 5.56 Å². The van der Waals surface area contributed by atoms with Crippen LogP contribution in [0.2, 0.25) is 0 Å². The quantitative estimate of drug-likeness (QED) is 0.548. The van der Waals surface area contributed by atoms with Crippen LogP contribution in [0.4, 0.5) is 11.4 Å². The van der Waals surface area contributed by atoms with E-state index in [2.05, 4.69) is 21.2 Å². The fraction of sp³-hybridized carbons (Fsp3) is 0.0667. The van der Waals surface area contributed by atoms with Gasteiger partial charge in [-0.3, -0.25) is 10.1 Å². The van der Waals surface area contributed by atoms with Crippen LogP contribution < -0.4 is 5.32 Å². The van der Waals surface area contributed by atoms with E-state index >= 15 is 0 Å². The number of benzene rings is 2. The molecule has 0 amide bonds. The SMILES string of the molecule is O=[N+]([O-])c1cc(Br)ccc1NCc1coc2ccccc12. The normalized spacial score (nSPS) is 10.7. The molecule has 0 atom stereocenters. The van der Waals surface area contributed by atoms with Gasteiger partial charge in [0.25, 0.3) is 5.69 Å². The maximum absolute atomic E-state index is 11.1. The molecule has 1 aromatic heterocycles. The average molecular weight is 347 g/mol. The predicted molar refractivity (Wildman–Crippen MR) is 84.3 cm³/mol. The Labute approximate surface area is 128 Å². The average Bonchev–Trinajstić information content (AvgIpc) is 2.89. The van der Waals surface area contributed by atoms with Gasteiger partial charge in [-0.25, -0.2) is 0 Å². The molecule has 106 valence electrons. The molecule has 6 heteroatoms. The van der Waals surface area contributed by atoms with Crippen LogP contribution in [0.3, 0.4) is 0 Å². The van der Waals surface area contributed by atoms with E-state index in [-0.39, 0.29) is 5.69 Å². The Morgan fingerprint density at radius 1 is 1.24 bits per heavy atom. The van der Waals surface area contributed by atoms with Crippen LogP contribution in [-0.4, -0.2) is 4.92 Å². The zero-order valence-electron chi connectivity index (χ0n) is 10.9. The lowest BCUT2D eigenvalue weighted by molar-refractivity contribution is -0.384. The second-order valence-electron chi connectivity index (χ2n) is 4.53. The van der Waals surface area contributed by atoms with Gasteiger partial charge < -0.3 is 9.73 Å². The number of fused-ring (bicyclic) bond motifs is 1. The van der Waals surface area contributed by atoms with E-state index in [0.29, 0.717) is 16.7 Å². The van der Waals surface area contributed by atoms with Crippen molar-refractivity contribution in [2.24, 2.45) is 0 Å². The molecule has 5 nitrogen and oxygen atoms in total. The summed E-state index contributed by atoms with van der Waals surface area (Å²) in [6, 6.07) is 12.6. The number of nitro groups is 1. The minimum atomic E-state index is -0.402. The third kappa shape index (κ3) is 2.75. The Bertz CT molecular complexity index is 814. The fourth-order valence-electron chi connectivity index (χ4n) is 2.17. The molecule has 0 radical (unpaired) electrons. The third-order valence-electron chi connectivity index (χ3n) is 3.19. The standard InChI is InChI=1S/C15H11BrN2O3/c16-11-5-6-13(14(7-11)18(19)20)17-8-10-9-21-15-4-2-1-3-12(10)15/h1-7,9,17H,8H2. The number of furan rings is 1. The summed E-state index contributed by atoms with van der Waals surface area (Å²) in [6.45, 7) is 0.458. The van der Waals surface area contributed by atoms with Crippen molar-refractivity contribution in [3.05, 3.63) is 68.9 Å². The zero-order chi connectivity index (χ0) is 14.8. The number of hydrogen-bond acceptors (Lipinski definition) is 4. The van der Waals surface area contributed by atoms with Gasteiger partial charge in [-0.1, -0.05) is 34.1 Å². The van der Waals surface area contributed by atoms with Crippen molar-refractivity contribution in [1.82, 2.24) is 0 Å². The maximum Gasteiger partial charge on any atom is 0.293 e. The highest BCUT2D eigenvalue weighted by Gasteiger charge is 2.14. The van der Waals surface area contributed by atoms with Crippen LogP contribution in [-0.2, 0) is 6.54 Å². The monoisotopic (exact) mass is 346 g/mol. The van der Waals surface area contributed by atoms with E-state index in [0.717, 1.165) is 16.5 Å². The first-order valence-electron chi connectivity index (χ1n) is 6.28. The van der Waals surface area contributed by atoms with E-state index in [1.807, 2.05) is 24.3 Å². The summed E-state index contributed by atoms with van der Waals surface area (Å²) in [7, 11) is 0. The van der Waals surface area contributed by atoms with Gasteiger partial charge in [0.2, 0.25) is 0 Å². The van der Waals surface area contributed by atoms with Crippen LogP contribution in [0.15, 0.2) is 57.6 Å². The van der Waals surface area contributed by atoms with Gasteiger partial charge in [0, 0.05) is 28.0 Å². The Morgan fingerprint density at radius 3 is 2.86 bits per heavy atom. The Hall–Kier alpha value is -2.34. The highest BCUT2D eigenvalue weighted by molar-refractivity contribution is 9.10. The number of hydrogen-bond donors (Lipinski definition) is 1. The van der Waals surface area contributed by atoms with E-state index < -0.39 is 4.92 Å². The maximum atomic E-state index is 11.1. The molecule has 0 aliphatic heterocycles. The molecule has 21 heavy (non-hydrogen) atoms. The highest BCUT2D eigenvalue weighted by Crippen LogP contribution is 2.29. The van der Waals surface area contributed by atoms with Crippen LogP contribution in [0.25, 0.3) is 11.0 Å². The molecular formula is C15H11BrN2O3. The molecule has 3 rings (SSSR count). The minimum Gasteiger partial charge on any atom is -0.464 e. The van der Waals surface area contributed by atoms with Crippen LogP contribution in [0, 0.1) is 10.1 Å². The topological polar surface area (TPSA) is 68.3 Å². The third-order valence-corrected chi connectivity index (χ3v) is 3.68. The number of anilines is 1. The molecule has 0 unspecified atom stereocenters. The molecule has 0 spiro atoms. The lowest BCUT2D eigenvalue weighted by atomic mass is 10.1. The van der Waals surface area contributed by atoms with Gasteiger partial charge in [0.05, 0.1) is 11.2 Å². The molecule has 1 N–H and O–H groups in total. The molecule has 0 saturated heterocycles. The summed E-state index contributed by atoms with van der Waals surface area (Å²) >= 11 is 3.24. The Morgan fingerprint density at radius 2 is 2.05 bits per heavy atom. The lowest BCUT2D eigenvalue weighted by Crippen LogP contribution is -2.02. The Balaban J connectivity index is 1.87. The summed E-state index contributed by atoms with van der Waals surface area (Å²) in [5.74, 6) is 0. The van der Waals surface area contributed by atoms with Gasteiger partial charge in [-0.05, 0) is 18.2 Å². The van der Waals surface area contributed by atoms with Crippen molar-refractivity contribution < 1.29 is 9.34 Å². The van der Waals surface area contributed by atoms with E-state index in [4.69, 9.17) is 4.42 Å². The smallest absolute Gasteiger partial charge is 0.293 e. The lowest BCUT2D eigenvalue weighted by Gasteiger charge is -2.06. The van der Waals surface area contributed by atoms with Crippen molar-refractivity contribution in [1.29, 1.82) is 0 Å². The van der Waals surface area contributed by atoms with E-state index in [9.17, 15) is 10.1 Å². The molecule has 0 aliphatic rings. The summed E-state index contributed by atoms with van der Waals surface area (Å²) < 4.78 is 6.13. The van der Waals surface area contributed by atoms with Gasteiger partial charge in [0.15, 0.2) is 0 Å². The first kappa shape index (κ1) is 13.6. The Kier molecular flexibility index (Phi) is 3.62. The number of nitrogens with one attached hydrogen (secondary N) is 1. The van der Waals surface area contributed by atoms with Crippen LogP contribution in [0.5, 0.6) is 0 Å². The minimum absolute atomic E-state index is 0.0391. The highest BCUT2D eigenvalue weighted by atomic mass is 79.9. The number of nitro benzene ring substituents is 1. The summed E-state index contributed by atoms with van der Waals surface area (Å²) in [5.41, 5.74) is 2.29. The molecule has 0 saturated carbocycles. The first-order chi connectivity index (χ1) is 10.1. The first-order valence-corrected chi connectivity index (χ1v) is 7.07. The molecule has 3 aromatic rings. The number of halogens is 1. The van der Waals surface area contributed by atoms with Crippen molar-refractivity contribution in [3.63, 3.8) is 0 Å². The molecule has 0 aliphatic carbocycles. The number of nitrogens with zero attached hydrogens (tertiary/aromatic N) is 1. The summed E-state index contributed by atoms with van der Waals surface area (Å²) in [4.78, 5) is 10.7. The second-order valence-corrected chi connectivity index (χ2v) is 5.44.